The van der Waals surface area contributed by atoms with Crippen LogP contribution in [0.15, 0.2) is 34.9 Å². The molecule has 2 aliphatic rings. The molecule has 226 valence electrons. The van der Waals surface area contributed by atoms with Crippen molar-refractivity contribution in [2.45, 2.75) is 70.1 Å². The quantitative estimate of drug-likeness (QED) is 0.177. The summed E-state index contributed by atoms with van der Waals surface area (Å²) in [5, 5.41) is 5.85. The van der Waals surface area contributed by atoms with Crippen molar-refractivity contribution < 1.29 is 28.3 Å². The molecule has 0 radical (unpaired) electrons. The maximum atomic E-state index is 13.8. The summed E-state index contributed by atoms with van der Waals surface area (Å²) in [4.78, 5) is 33.3. The third-order valence-corrected chi connectivity index (χ3v) is 9.81. The molecule has 0 spiro atoms. The summed E-state index contributed by atoms with van der Waals surface area (Å²) in [6, 6.07) is 8.80. The molecule has 43 heavy (non-hydrogen) atoms. The van der Waals surface area contributed by atoms with Gasteiger partial charge in [-0.05, 0) is 44.4 Å². The van der Waals surface area contributed by atoms with Crippen LogP contribution in [0.1, 0.15) is 78.3 Å². The predicted octanol–water partition coefficient (Wildman–Crippen LogP) is 7.92. The van der Waals surface area contributed by atoms with Gasteiger partial charge in [0.05, 0.1) is 34.5 Å². The van der Waals surface area contributed by atoms with Crippen molar-refractivity contribution >= 4 is 61.8 Å². The van der Waals surface area contributed by atoms with E-state index in [1.54, 1.807) is 30.3 Å². The number of ether oxygens (including phenoxy) is 3. The van der Waals surface area contributed by atoms with Gasteiger partial charge in [0.25, 0.3) is 0 Å². The Morgan fingerprint density at radius 3 is 2.51 bits per heavy atom. The number of methoxy groups -OCH3 is 2. The summed E-state index contributed by atoms with van der Waals surface area (Å²) in [6.07, 6.45) is 3.60. The smallest absolute Gasteiger partial charge is 0.344 e. The number of nitrogens with zero attached hydrogens (tertiary/aromatic N) is 3. The minimum Gasteiger partial charge on any atom is -0.496 e. The number of carbonyl (C=O) groups is 2. The van der Waals surface area contributed by atoms with Crippen molar-refractivity contribution in [3.05, 3.63) is 57.3 Å². The van der Waals surface area contributed by atoms with E-state index < -0.39 is 11.9 Å². The molecule has 0 N–H and O–H groups in total. The van der Waals surface area contributed by atoms with E-state index in [9.17, 15) is 9.59 Å². The highest BCUT2D eigenvalue weighted by Crippen LogP contribution is 2.46. The van der Waals surface area contributed by atoms with Crippen molar-refractivity contribution in [2.75, 3.05) is 19.1 Å². The van der Waals surface area contributed by atoms with Gasteiger partial charge >= 0.3 is 11.9 Å². The van der Waals surface area contributed by atoms with Crippen LogP contribution in [-0.4, -0.2) is 54.5 Å². The van der Waals surface area contributed by atoms with Gasteiger partial charge in [-0.1, -0.05) is 52.7 Å². The Labute approximate surface area is 263 Å². The molecule has 0 amide bonds. The van der Waals surface area contributed by atoms with Gasteiger partial charge < -0.3 is 23.6 Å². The SMILES string of the molecule is CC[C@H]1C[C@@H](OC(=O)c2c(-c3c(Cl)cccc3Cl)noc2C2CC2)C[C@@H](C)N1c1nc2cc(OC)c(C(=O)OC)cc2s1. The number of aromatic nitrogens is 2. The number of anilines is 1. The molecule has 1 saturated carbocycles. The molecule has 3 heterocycles. The number of rotatable bonds is 8. The molecular formula is C31H31Cl2N3O6S. The minimum absolute atomic E-state index is 0.0295. The zero-order valence-electron chi connectivity index (χ0n) is 24.2. The fraction of sp³-hybridized carbons (Fsp3) is 0.419. The van der Waals surface area contributed by atoms with E-state index in [0.29, 0.717) is 56.8 Å². The number of hydrogen-bond donors (Lipinski definition) is 0. The highest BCUT2D eigenvalue weighted by atomic mass is 35.5. The van der Waals surface area contributed by atoms with Gasteiger partial charge in [-0.3, -0.25) is 0 Å². The number of esters is 2. The Kier molecular flexibility index (Phi) is 8.28. The lowest BCUT2D eigenvalue weighted by Crippen LogP contribution is -2.50. The molecule has 2 aromatic carbocycles. The average Bonchev–Trinajstić information content (AvgIpc) is 3.61. The molecule has 3 atom stereocenters. The van der Waals surface area contributed by atoms with E-state index in [1.807, 2.05) is 0 Å². The number of hydrogen-bond acceptors (Lipinski definition) is 10. The zero-order valence-corrected chi connectivity index (χ0v) is 26.5. The van der Waals surface area contributed by atoms with Gasteiger partial charge in [-0.2, -0.15) is 0 Å². The first-order valence-corrected chi connectivity index (χ1v) is 15.8. The van der Waals surface area contributed by atoms with Crippen molar-refractivity contribution in [3.8, 4) is 17.0 Å². The van der Waals surface area contributed by atoms with Gasteiger partial charge in [0.1, 0.15) is 28.7 Å². The van der Waals surface area contributed by atoms with Crippen LogP contribution in [0.4, 0.5) is 5.13 Å². The molecule has 1 aliphatic carbocycles. The van der Waals surface area contributed by atoms with E-state index in [4.69, 9.17) is 46.9 Å². The first-order chi connectivity index (χ1) is 20.7. The van der Waals surface area contributed by atoms with Gasteiger partial charge in [0.2, 0.25) is 0 Å². The van der Waals surface area contributed by atoms with E-state index in [0.717, 1.165) is 34.6 Å². The number of benzene rings is 2. The number of halogens is 2. The largest absolute Gasteiger partial charge is 0.496 e. The highest BCUT2D eigenvalue weighted by molar-refractivity contribution is 7.22. The van der Waals surface area contributed by atoms with Gasteiger partial charge in [0, 0.05) is 42.5 Å². The molecule has 0 bridgehead atoms. The maximum Gasteiger partial charge on any atom is 0.344 e. The zero-order chi connectivity index (χ0) is 30.4. The fourth-order valence-electron chi connectivity index (χ4n) is 5.89. The summed E-state index contributed by atoms with van der Waals surface area (Å²) in [6.45, 7) is 4.22. The normalized spacial score (nSPS) is 20.3. The van der Waals surface area contributed by atoms with E-state index >= 15 is 0 Å². The van der Waals surface area contributed by atoms with Crippen molar-refractivity contribution in [2.24, 2.45) is 0 Å². The van der Waals surface area contributed by atoms with Crippen LogP contribution in [0.2, 0.25) is 10.0 Å². The van der Waals surface area contributed by atoms with Crippen molar-refractivity contribution in [1.82, 2.24) is 10.1 Å². The molecule has 1 saturated heterocycles. The molecule has 9 nitrogen and oxygen atoms in total. The Morgan fingerprint density at radius 2 is 1.86 bits per heavy atom. The summed E-state index contributed by atoms with van der Waals surface area (Å²) < 4.78 is 23.1. The van der Waals surface area contributed by atoms with Crippen molar-refractivity contribution in [3.63, 3.8) is 0 Å². The first-order valence-electron chi connectivity index (χ1n) is 14.2. The summed E-state index contributed by atoms with van der Waals surface area (Å²) in [5.41, 5.74) is 2.19. The van der Waals surface area contributed by atoms with Gasteiger partial charge in [0.15, 0.2) is 10.9 Å². The molecule has 1 aliphatic heterocycles. The van der Waals surface area contributed by atoms with Crippen LogP contribution in [0.5, 0.6) is 5.75 Å². The van der Waals surface area contributed by atoms with Gasteiger partial charge in [-0.25, -0.2) is 14.6 Å². The number of fused-ring (bicyclic) bond motifs is 1. The third kappa shape index (κ3) is 5.56. The second-order valence-corrected chi connectivity index (χ2v) is 12.8. The highest BCUT2D eigenvalue weighted by Gasteiger charge is 2.40. The Morgan fingerprint density at radius 1 is 1.12 bits per heavy atom. The van der Waals surface area contributed by atoms with E-state index in [2.05, 4.69) is 23.9 Å². The van der Waals surface area contributed by atoms with Crippen LogP contribution in [0.3, 0.4) is 0 Å². The lowest BCUT2D eigenvalue weighted by molar-refractivity contribution is 0.0170. The fourth-order valence-corrected chi connectivity index (χ4v) is 7.63. The molecule has 6 rings (SSSR count). The van der Waals surface area contributed by atoms with Crippen LogP contribution in [0, 0.1) is 0 Å². The van der Waals surface area contributed by atoms with Crippen LogP contribution >= 0.6 is 34.5 Å². The Balaban J connectivity index is 1.26. The predicted molar refractivity (Wildman–Crippen MR) is 166 cm³/mol. The lowest BCUT2D eigenvalue weighted by Gasteiger charge is -2.43. The topological polar surface area (TPSA) is 104 Å². The lowest BCUT2D eigenvalue weighted by atomic mass is 9.92. The third-order valence-electron chi connectivity index (χ3n) is 8.15. The summed E-state index contributed by atoms with van der Waals surface area (Å²) >= 11 is 14.5. The van der Waals surface area contributed by atoms with Crippen LogP contribution in [0.25, 0.3) is 21.5 Å². The minimum atomic E-state index is -0.475. The molecular weight excluding hydrogens is 613 g/mol. The summed E-state index contributed by atoms with van der Waals surface area (Å²) in [7, 11) is 2.86. The molecule has 2 fully saturated rings. The Bertz CT molecular complexity index is 1680. The second kappa shape index (κ2) is 12.0. The monoisotopic (exact) mass is 643 g/mol. The average molecular weight is 645 g/mol. The number of carbonyl (C=O) groups excluding carboxylic acids is 2. The standard InChI is InChI=1S/C31H31Cl2N3O6S/c1-5-17-12-18(11-15(2)36(17)31-34-22-14-23(39-3)19(29(37)40-4)13-24(22)43-31)41-30(38)26-27(35-42-28(26)16-9-10-16)25-20(32)7-6-8-21(25)33/h6-8,13-18H,5,9-12H2,1-4H3/t15-,17+,18+/m1/s1. The van der Waals surface area contributed by atoms with Crippen molar-refractivity contribution in [1.29, 1.82) is 0 Å². The van der Waals surface area contributed by atoms with E-state index in [-0.39, 0.29) is 24.1 Å². The molecule has 12 heteroatoms. The molecule has 2 aromatic heterocycles. The van der Waals surface area contributed by atoms with E-state index in [1.165, 1.54) is 25.6 Å². The summed E-state index contributed by atoms with van der Waals surface area (Å²) in [5.74, 6) is 0.140. The second-order valence-electron chi connectivity index (χ2n) is 11.0. The Hall–Kier alpha value is -3.34. The van der Waals surface area contributed by atoms with Gasteiger partial charge in [-0.15, -0.1) is 0 Å². The first kappa shape index (κ1) is 29.7. The van der Waals surface area contributed by atoms with Crippen LogP contribution in [-0.2, 0) is 9.47 Å². The number of thiazole rings is 1. The number of piperidine rings is 1. The van der Waals surface area contributed by atoms with Crippen LogP contribution < -0.4 is 9.64 Å². The maximum absolute atomic E-state index is 13.8. The molecule has 0 unspecified atom stereocenters. The molecule has 4 aromatic rings.